The van der Waals surface area contributed by atoms with Crippen LogP contribution in [-0.2, 0) is 0 Å². The first kappa shape index (κ1) is 24.6. The predicted molar refractivity (Wildman–Crippen MR) is 182 cm³/mol. The number of nitrogens with zero attached hydrogens (tertiary/aromatic N) is 1. The topological polar surface area (TPSA) is 3.24 Å². The van der Waals surface area contributed by atoms with Gasteiger partial charge >= 0.3 is 0 Å². The van der Waals surface area contributed by atoms with Crippen molar-refractivity contribution in [1.29, 1.82) is 0 Å². The molecule has 0 fully saturated rings. The van der Waals surface area contributed by atoms with Crippen LogP contribution in [0.2, 0.25) is 0 Å². The van der Waals surface area contributed by atoms with Gasteiger partial charge in [0.05, 0.1) is 11.4 Å². The smallest absolute Gasteiger partial charge is 0.0540 e. The highest BCUT2D eigenvalue weighted by atomic mass is 32.1. The third kappa shape index (κ3) is 4.16. The fraction of sp³-hybridized carbons (Fsp3) is 0. The van der Waals surface area contributed by atoms with Crippen molar-refractivity contribution in [3.63, 3.8) is 0 Å². The Labute approximate surface area is 249 Å². The summed E-state index contributed by atoms with van der Waals surface area (Å²) < 4.78 is 2.64. The quantitative estimate of drug-likeness (QED) is 0.205. The van der Waals surface area contributed by atoms with Gasteiger partial charge in [0, 0.05) is 42.4 Å². The molecule has 1 heterocycles. The van der Waals surface area contributed by atoms with E-state index in [1.165, 1.54) is 53.2 Å². The average Bonchev–Trinajstić information content (AvgIpc) is 3.45. The van der Waals surface area contributed by atoms with E-state index < -0.39 is 0 Å². The van der Waals surface area contributed by atoms with Crippen molar-refractivity contribution in [2.75, 3.05) is 4.90 Å². The second-order valence-electron chi connectivity index (χ2n) is 10.5. The monoisotopic (exact) mass is 553 g/mol. The summed E-state index contributed by atoms with van der Waals surface area (Å²) in [7, 11) is 0. The van der Waals surface area contributed by atoms with E-state index in [0.717, 1.165) is 17.1 Å². The summed E-state index contributed by atoms with van der Waals surface area (Å²) in [5, 5.41) is 5.08. The Morgan fingerprint density at radius 1 is 0.405 bits per heavy atom. The van der Waals surface area contributed by atoms with Gasteiger partial charge in [0.2, 0.25) is 0 Å². The first-order valence-electron chi connectivity index (χ1n) is 14.3. The molecule has 8 rings (SSSR count). The minimum absolute atomic E-state index is 1.13. The largest absolute Gasteiger partial charge is 0.309 e. The number of thiophene rings is 1. The molecule has 42 heavy (non-hydrogen) atoms. The van der Waals surface area contributed by atoms with Crippen LogP contribution >= 0.6 is 11.3 Å². The van der Waals surface area contributed by atoms with Gasteiger partial charge in [0.25, 0.3) is 0 Å². The Hall–Kier alpha value is -5.18. The molecule has 0 amide bonds. The van der Waals surface area contributed by atoms with E-state index in [4.69, 9.17) is 0 Å². The summed E-state index contributed by atoms with van der Waals surface area (Å²) in [4.78, 5) is 2.44. The lowest BCUT2D eigenvalue weighted by Gasteiger charge is -2.29. The Morgan fingerprint density at radius 3 is 1.95 bits per heavy atom. The first-order chi connectivity index (χ1) is 20.8. The van der Waals surface area contributed by atoms with Crippen molar-refractivity contribution in [3.05, 3.63) is 164 Å². The first-order valence-corrected chi connectivity index (χ1v) is 15.1. The molecule has 0 saturated heterocycles. The molecule has 2 heteroatoms. The van der Waals surface area contributed by atoms with Gasteiger partial charge in [-0.05, 0) is 46.8 Å². The van der Waals surface area contributed by atoms with Crippen LogP contribution in [0.5, 0.6) is 0 Å². The lowest BCUT2D eigenvalue weighted by Crippen LogP contribution is -2.12. The molecular weight excluding hydrogens is 527 g/mol. The molecule has 0 radical (unpaired) electrons. The molecule has 0 aliphatic rings. The molecule has 1 aromatic heterocycles. The average molecular weight is 554 g/mol. The second-order valence-corrected chi connectivity index (χ2v) is 11.6. The number of benzene rings is 7. The summed E-state index contributed by atoms with van der Waals surface area (Å²) in [6, 6.07) is 59.1. The van der Waals surface area contributed by atoms with E-state index in [0.29, 0.717) is 0 Å². The van der Waals surface area contributed by atoms with Crippen molar-refractivity contribution in [3.8, 4) is 22.3 Å². The number of para-hydroxylation sites is 1. The Bertz CT molecular complexity index is 2200. The number of anilines is 3. The summed E-state index contributed by atoms with van der Waals surface area (Å²) in [5.41, 5.74) is 8.33. The van der Waals surface area contributed by atoms with E-state index in [9.17, 15) is 0 Å². The Balaban J connectivity index is 1.41. The van der Waals surface area contributed by atoms with Crippen LogP contribution in [0.4, 0.5) is 17.1 Å². The molecule has 0 saturated carbocycles. The SMILES string of the molecule is c1ccc(-c2cccc(N(c3ccccc3-c3cccc4c3sc3ccccc34)c3cccc4ccccc34)c2)cc1. The highest BCUT2D eigenvalue weighted by molar-refractivity contribution is 7.26. The number of hydrogen-bond acceptors (Lipinski definition) is 2. The second kappa shape index (κ2) is 10.3. The molecule has 1 nitrogen and oxygen atoms in total. The standard InChI is InChI=1S/C40H27NS/c1-2-13-28(14-3-1)30-17-10-18-31(27-30)41(37-25-11-16-29-15-4-5-19-32(29)37)38-24-8-6-20-33(38)35-22-12-23-36-34-21-7-9-26-39(34)42-40(35)36/h1-27H. The predicted octanol–water partition coefficient (Wildman–Crippen LogP) is 12.0. The Kier molecular flexibility index (Phi) is 6.05. The molecule has 0 spiro atoms. The van der Waals surface area contributed by atoms with Crippen molar-refractivity contribution < 1.29 is 0 Å². The molecule has 0 aliphatic heterocycles. The number of hydrogen-bond donors (Lipinski definition) is 0. The highest BCUT2D eigenvalue weighted by Crippen LogP contribution is 2.47. The van der Waals surface area contributed by atoms with Crippen LogP contribution in [-0.4, -0.2) is 0 Å². The van der Waals surface area contributed by atoms with Crippen LogP contribution < -0.4 is 4.90 Å². The van der Waals surface area contributed by atoms with Gasteiger partial charge in [-0.2, -0.15) is 0 Å². The maximum Gasteiger partial charge on any atom is 0.0540 e. The molecule has 0 unspecified atom stereocenters. The van der Waals surface area contributed by atoms with Crippen LogP contribution in [0.15, 0.2) is 164 Å². The van der Waals surface area contributed by atoms with Gasteiger partial charge in [-0.1, -0.05) is 133 Å². The molecule has 0 atom stereocenters. The third-order valence-electron chi connectivity index (χ3n) is 8.06. The van der Waals surface area contributed by atoms with Gasteiger partial charge in [0.1, 0.15) is 0 Å². The highest BCUT2D eigenvalue weighted by Gasteiger charge is 2.21. The van der Waals surface area contributed by atoms with Crippen LogP contribution in [0, 0.1) is 0 Å². The zero-order valence-corrected chi connectivity index (χ0v) is 23.8. The molecule has 0 N–H and O–H groups in total. The van der Waals surface area contributed by atoms with Gasteiger partial charge in [0.15, 0.2) is 0 Å². The van der Waals surface area contributed by atoms with Crippen LogP contribution in [0.1, 0.15) is 0 Å². The Morgan fingerprint density at radius 2 is 1.02 bits per heavy atom. The van der Waals surface area contributed by atoms with E-state index in [-0.39, 0.29) is 0 Å². The van der Waals surface area contributed by atoms with E-state index in [1.54, 1.807) is 0 Å². The molecule has 198 valence electrons. The van der Waals surface area contributed by atoms with E-state index in [1.807, 2.05) is 11.3 Å². The molecule has 0 bridgehead atoms. The minimum atomic E-state index is 1.13. The third-order valence-corrected chi connectivity index (χ3v) is 9.28. The summed E-state index contributed by atoms with van der Waals surface area (Å²) in [6.07, 6.45) is 0. The van der Waals surface area contributed by atoms with E-state index >= 15 is 0 Å². The minimum Gasteiger partial charge on any atom is -0.309 e. The van der Waals surface area contributed by atoms with Crippen molar-refractivity contribution in [2.24, 2.45) is 0 Å². The van der Waals surface area contributed by atoms with Crippen molar-refractivity contribution in [1.82, 2.24) is 0 Å². The van der Waals surface area contributed by atoms with Crippen molar-refractivity contribution >= 4 is 59.3 Å². The van der Waals surface area contributed by atoms with E-state index in [2.05, 4.69) is 169 Å². The van der Waals surface area contributed by atoms with Gasteiger partial charge in [-0.3, -0.25) is 0 Å². The molecule has 8 aromatic rings. The molecule has 7 aromatic carbocycles. The van der Waals surface area contributed by atoms with Crippen LogP contribution in [0.25, 0.3) is 53.2 Å². The lowest BCUT2D eigenvalue weighted by atomic mass is 9.98. The van der Waals surface area contributed by atoms with Gasteiger partial charge in [-0.15, -0.1) is 11.3 Å². The number of fused-ring (bicyclic) bond motifs is 4. The maximum atomic E-state index is 2.44. The number of rotatable bonds is 5. The zero-order chi connectivity index (χ0) is 27.9. The normalized spacial score (nSPS) is 11.3. The van der Waals surface area contributed by atoms with Gasteiger partial charge < -0.3 is 4.90 Å². The van der Waals surface area contributed by atoms with Crippen molar-refractivity contribution in [2.45, 2.75) is 0 Å². The lowest BCUT2D eigenvalue weighted by molar-refractivity contribution is 1.30. The summed E-state index contributed by atoms with van der Waals surface area (Å²) >= 11 is 1.88. The summed E-state index contributed by atoms with van der Waals surface area (Å²) in [5.74, 6) is 0. The molecule has 0 aliphatic carbocycles. The summed E-state index contributed by atoms with van der Waals surface area (Å²) in [6.45, 7) is 0. The molecular formula is C40H27NS. The fourth-order valence-electron chi connectivity index (χ4n) is 6.12. The van der Waals surface area contributed by atoms with Gasteiger partial charge in [-0.25, -0.2) is 0 Å². The zero-order valence-electron chi connectivity index (χ0n) is 22.9. The maximum absolute atomic E-state index is 2.44. The van der Waals surface area contributed by atoms with Crippen LogP contribution in [0.3, 0.4) is 0 Å². The fourth-order valence-corrected chi connectivity index (χ4v) is 7.35.